The first-order valence-electron chi connectivity index (χ1n) is 6.77. The number of aromatic nitrogens is 1. The van der Waals surface area contributed by atoms with Gasteiger partial charge in [-0.05, 0) is 31.5 Å². The van der Waals surface area contributed by atoms with Crippen LogP contribution < -0.4 is 10.6 Å². The molecule has 0 saturated heterocycles. The summed E-state index contributed by atoms with van der Waals surface area (Å²) in [7, 11) is 0. The lowest BCUT2D eigenvalue weighted by atomic mass is 9.98. The van der Waals surface area contributed by atoms with Crippen LogP contribution in [-0.4, -0.2) is 18.1 Å². The third-order valence-corrected chi connectivity index (χ3v) is 4.40. The molecular formula is C15H19N3S. The summed E-state index contributed by atoms with van der Waals surface area (Å²) in [5.74, 6) is 0.640. The minimum Gasteiger partial charge on any atom is -0.384 e. The molecule has 1 aliphatic rings. The molecule has 2 N–H and O–H groups in total. The molecule has 0 amide bonds. The van der Waals surface area contributed by atoms with Crippen molar-refractivity contribution in [3.63, 3.8) is 0 Å². The van der Waals surface area contributed by atoms with Crippen LogP contribution in [0.2, 0.25) is 0 Å². The largest absolute Gasteiger partial charge is 0.384 e. The van der Waals surface area contributed by atoms with Gasteiger partial charge in [0, 0.05) is 30.1 Å². The van der Waals surface area contributed by atoms with E-state index < -0.39 is 0 Å². The molecule has 0 bridgehead atoms. The molecule has 3 nitrogen and oxygen atoms in total. The van der Waals surface area contributed by atoms with Crippen LogP contribution in [-0.2, 0) is 6.54 Å². The first-order valence-corrected chi connectivity index (χ1v) is 7.65. The molecule has 0 aliphatic carbocycles. The van der Waals surface area contributed by atoms with Gasteiger partial charge in [-0.1, -0.05) is 18.2 Å². The lowest BCUT2D eigenvalue weighted by molar-refractivity contribution is 0.589. The SMILES string of the molecule is Cc1nc(CNCCC2CNc3ccccc32)cs1. The van der Waals surface area contributed by atoms with Crippen molar-refractivity contribution in [2.75, 3.05) is 18.4 Å². The van der Waals surface area contributed by atoms with Crippen molar-refractivity contribution < 1.29 is 0 Å². The molecule has 3 rings (SSSR count). The second kappa shape index (κ2) is 5.72. The van der Waals surface area contributed by atoms with Crippen LogP contribution in [0.5, 0.6) is 0 Å². The van der Waals surface area contributed by atoms with Gasteiger partial charge in [-0.2, -0.15) is 0 Å². The van der Waals surface area contributed by atoms with Crippen molar-refractivity contribution in [3.8, 4) is 0 Å². The van der Waals surface area contributed by atoms with Crippen LogP contribution in [0.25, 0.3) is 0 Å². The molecule has 0 radical (unpaired) electrons. The number of aryl methyl sites for hydroxylation is 1. The van der Waals surface area contributed by atoms with Gasteiger partial charge < -0.3 is 10.6 Å². The highest BCUT2D eigenvalue weighted by Gasteiger charge is 2.20. The number of anilines is 1. The minimum atomic E-state index is 0.640. The van der Waals surface area contributed by atoms with Crippen LogP contribution in [0.15, 0.2) is 29.6 Å². The molecule has 4 heteroatoms. The highest BCUT2D eigenvalue weighted by molar-refractivity contribution is 7.09. The zero-order valence-corrected chi connectivity index (χ0v) is 12.0. The molecule has 1 aromatic heterocycles. The van der Waals surface area contributed by atoms with E-state index in [0.29, 0.717) is 5.92 Å². The van der Waals surface area contributed by atoms with E-state index in [-0.39, 0.29) is 0 Å². The van der Waals surface area contributed by atoms with Crippen molar-refractivity contribution >= 4 is 17.0 Å². The van der Waals surface area contributed by atoms with Gasteiger partial charge in [0.25, 0.3) is 0 Å². The molecule has 100 valence electrons. The molecule has 1 aliphatic heterocycles. The maximum atomic E-state index is 4.46. The first kappa shape index (κ1) is 12.6. The molecule has 2 heterocycles. The van der Waals surface area contributed by atoms with Crippen molar-refractivity contribution in [2.45, 2.75) is 25.8 Å². The fourth-order valence-electron chi connectivity index (χ4n) is 2.60. The van der Waals surface area contributed by atoms with Crippen molar-refractivity contribution in [3.05, 3.63) is 45.9 Å². The molecule has 2 aromatic rings. The van der Waals surface area contributed by atoms with Gasteiger partial charge in [0.15, 0.2) is 0 Å². The van der Waals surface area contributed by atoms with E-state index in [9.17, 15) is 0 Å². The Labute approximate surface area is 118 Å². The van der Waals surface area contributed by atoms with Gasteiger partial charge in [0.1, 0.15) is 0 Å². The molecule has 1 aromatic carbocycles. The summed E-state index contributed by atoms with van der Waals surface area (Å²) in [5.41, 5.74) is 3.93. The van der Waals surface area contributed by atoms with Gasteiger partial charge in [0.2, 0.25) is 0 Å². The smallest absolute Gasteiger partial charge is 0.0897 e. The van der Waals surface area contributed by atoms with Crippen LogP contribution in [0.3, 0.4) is 0 Å². The maximum absolute atomic E-state index is 4.46. The van der Waals surface area contributed by atoms with E-state index in [1.54, 1.807) is 11.3 Å². The quantitative estimate of drug-likeness (QED) is 0.822. The Morgan fingerprint density at radius 1 is 1.42 bits per heavy atom. The van der Waals surface area contributed by atoms with Crippen molar-refractivity contribution in [1.82, 2.24) is 10.3 Å². The number of rotatable bonds is 5. The molecule has 0 fully saturated rings. The van der Waals surface area contributed by atoms with Gasteiger partial charge in [0.05, 0.1) is 10.7 Å². The summed E-state index contributed by atoms with van der Waals surface area (Å²) in [5, 5.41) is 10.2. The maximum Gasteiger partial charge on any atom is 0.0897 e. The number of hydrogen-bond donors (Lipinski definition) is 2. The first-order chi connectivity index (χ1) is 9.33. The molecule has 1 atom stereocenters. The Bertz CT molecular complexity index is 550. The normalized spacial score (nSPS) is 17.2. The average Bonchev–Trinajstić information content (AvgIpc) is 3.02. The van der Waals surface area contributed by atoms with E-state index in [2.05, 4.69) is 52.2 Å². The van der Waals surface area contributed by atoms with Gasteiger partial charge in [-0.15, -0.1) is 11.3 Å². The van der Waals surface area contributed by atoms with E-state index in [0.717, 1.165) is 30.3 Å². The van der Waals surface area contributed by atoms with E-state index in [1.807, 2.05) is 0 Å². The molecule has 0 spiro atoms. The van der Waals surface area contributed by atoms with Gasteiger partial charge in [-0.3, -0.25) is 0 Å². The number of nitrogens with zero attached hydrogens (tertiary/aromatic N) is 1. The van der Waals surface area contributed by atoms with E-state index in [1.165, 1.54) is 17.7 Å². The Morgan fingerprint density at radius 3 is 3.16 bits per heavy atom. The highest BCUT2D eigenvalue weighted by Crippen LogP contribution is 2.32. The number of thiazole rings is 1. The van der Waals surface area contributed by atoms with E-state index in [4.69, 9.17) is 0 Å². The number of fused-ring (bicyclic) bond motifs is 1. The summed E-state index contributed by atoms with van der Waals surface area (Å²) < 4.78 is 0. The summed E-state index contributed by atoms with van der Waals surface area (Å²) in [6.45, 7) is 5.04. The predicted octanol–water partition coefficient (Wildman–Crippen LogP) is 3.14. The second-order valence-electron chi connectivity index (χ2n) is 4.99. The minimum absolute atomic E-state index is 0.640. The summed E-state index contributed by atoms with van der Waals surface area (Å²) in [4.78, 5) is 4.46. The third-order valence-electron chi connectivity index (χ3n) is 3.58. The predicted molar refractivity (Wildman–Crippen MR) is 80.8 cm³/mol. The summed E-state index contributed by atoms with van der Waals surface area (Å²) >= 11 is 1.72. The lowest BCUT2D eigenvalue weighted by Gasteiger charge is -2.10. The number of benzene rings is 1. The standard InChI is InChI=1S/C15H19N3S/c1-11-18-13(10-19-11)9-16-7-6-12-8-17-15-5-3-2-4-14(12)15/h2-5,10,12,16-17H,6-9H2,1H3. The topological polar surface area (TPSA) is 37.0 Å². The van der Waals surface area contributed by atoms with Crippen molar-refractivity contribution in [2.24, 2.45) is 0 Å². The average molecular weight is 273 g/mol. The van der Waals surface area contributed by atoms with Crippen LogP contribution in [0, 0.1) is 6.92 Å². The van der Waals surface area contributed by atoms with Crippen LogP contribution in [0.4, 0.5) is 5.69 Å². The summed E-state index contributed by atoms with van der Waals surface area (Å²) in [6.07, 6.45) is 1.17. The van der Waals surface area contributed by atoms with Crippen molar-refractivity contribution in [1.29, 1.82) is 0 Å². The van der Waals surface area contributed by atoms with Gasteiger partial charge >= 0.3 is 0 Å². The monoisotopic (exact) mass is 273 g/mol. The third kappa shape index (κ3) is 2.96. The number of nitrogens with one attached hydrogen (secondary N) is 2. The number of hydrogen-bond acceptors (Lipinski definition) is 4. The van der Waals surface area contributed by atoms with E-state index >= 15 is 0 Å². The Kier molecular flexibility index (Phi) is 3.80. The second-order valence-corrected chi connectivity index (χ2v) is 6.05. The Balaban J connectivity index is 1.46. The fourth-order valence-corrected chi connectivity index (χ4v) is 3.21. The molecule has 1 unspecified atom stereocenters. The zero-order valence-electron chi connectivity index (χ0n) is 11.1. The number of para-hydroxylation sites is 1. The Morgan fingerprint density at radius 2 is 2.32 bits per heavy atom. The fraction of sp³-hybridized carbons (Fsp3) is 0.400. The zero-order chi connectivity index (χ0) is 13.1. The van der Waals surface area contributed by atoms with Gasteiger partial charge in [-0.25, -0.2) is 4.98 Å². The van der Waals surface area contributed by atoms with Crippen LogP contribution >= 0.6 is 11.3 Å². The molecular weight excluding hydrogens is 254 g/mol. The molecule has 0 saturated carbocycles. The Hall–Kier alpha value is -1.39. The lowest BCUT2D eigenvalue weighted by Crippen LogP contribution is -2.18. The highest BCUT2D eigenvalue weighted by atomic mass is 32.1. The molecule has 19 heavy (non-hydrogen) atoms. The van der Waals surface area contributed by atoms with Crippen LogP contribution in [0.1, 0.15) is 28.6 Å². The summed E-state index contributed by atoms with van der Waals surface area (Å²) in [6, 6.07) is 8.63.